The molecule has 4 atom stereocenters. The van der Waals surface area contributed by atoms with E-state index in [2.05, 4.69) is 272 Å². The van der Waals surface area contributed by atoms with Crippen LogP contribution in [0.1, 0.15) is 62.9 Å². The number of furan rings is 1. The number of fused-ring (bicyclic) bond motifs is 3. The van der Waals surface area contributed by atoms with Crippen molar-refractivity contribution in [3.8, 4) is 11.1 Å². The lowest BCUT2D eigenvalue weighted by Crippen LogP contribution is -2.10. The third-order valence-corrected chi connectivity index (χ3v) is 14.5. The van der Waals surface area contributed by atoms with Crippen LogP contribution in [0, 0.1) is 13.8 Å². The molecule has 5 heteroatoms. The van der Waals surface area contributed by atoms with Gasteiger partial charge in [-0.15, -0.1) is 27.7 Å². The number of benzene rings is 9. The van der Waals surface area contributed by atoms with E-state index in [1.165, 1.54) is 72.3 Å². The smallest absolute Gasteiger partial charge is 0.159 e. The number of nitrogens with zero attached hydrogens (tertiary/aromatic N) is 1. The van der Waals surface area contributed by atoms with Crippen LogP contribution in [-0.2, 0) is 11.1 Å². The summed E-state index contributed by atoms with van der Waals surface area (Å²) < 4.78 is 6.42. The summed E-state index contributed by atoms with van der Waals surface area (Å²) in [6.07, 6.45) is 5.38. The lowest BCUT2D eigenvalue weighted by Gasteiger charge is -2.25. The maximum Gasteiger partial charge on any atom is 0.159 e. The Kier molecular flexibility index (Phi) is 13.5. The zero-order valence-electron chi connectivity index (χ0n) is 39.3. The molecule has 10 rings (SSSR count). The van der Waals surface area contributed by atoms with Crippen molar-refractivity contribution in [1.29, 1.82) is 0 Å². The first-order valence-electron chi connectivity index (χ1n) is 23.6. The number of hydrogen-bond donors (Lipinski definition) is 0. The van der Waals surface area contributed by atoms with E-state index in [1.54, 1.807) is 0 Å². The molecule has 338 valence electrons. The van der Waals surface area contributed by atoms with Crippen molar-refractivity contribution in [2.75, 3.05) is 4.90 Å². The van der Waals surface area contributed by atoms with Crippen molar-refractivity contribution in [3.63, 3.8) is 0 Å². The second-order valence-electron chi connectivity index (χ2n) is 18.1. The van der Waals surface area contributed by atoms with E-state index in [4.69, 9.17) is 4.42 Å². The first-order chi connectivity index (χ1) is 33.6. The van der Waals surface area contributed by atoms with Crippen molar-refractivity contribution in [2.24, 2.45) is 0 Å². The molecule has 0 aliphatic rings. The molecule has 0 saturated carbocycles. The molecular formula is C64H56NOP3. The Bertz CT molecular complexity index is 3460. The number of rotatable bonds is 13. The lowest BCUT2D eigenvalue weighted by atomic mass is 9.80. The SMILES string of the molecule is C/C(=C\C=C(/Cc1ccc(C(P)(P)P)cc1)c1ccc(N(c2ccccc2)c2cccc3c2oc2ccccc23)cc1)c1ccc(C(c2ccccc2)c2cccc(-c3ccccc3C)c2C)cc1. The molecule has 2 nitrogen and oxygen atoms in total. The van der Waals surface area contributed by atoms with Gasteiger partial charge in [0.2, 0.25) is 0 Å². The van der Waals surface area contributed by atoms with Gasteiger partial charge >= 0.3 is 0 Å². The highest BCUT2D eigenvalue weighted by atomic mass is 31.1. The molecule has 0 N–H and O–H groups in total. The maximum atomic E-state index is 6.58. The predicted molar refractivity (Wildman–Crippen MR) is 306 cm³/mol. The molecule has 10 aromatic rings. The standard InChI is InChI=1S/C64H56NOP3/c1-43(47-32-34-50(35-33-47)62(49-17-6-4-7-18-49)57-24-14-23-56(45(57)3)55-21-11-10-16-44(55)2)28-31-51(42-46-29-38-52(39-30-46)64(67,68)69)48-36-40-54(41-37-48)65(53-19-8-5-9-20-53)60-26-15-25-59-58-22-12-13-27-61(58)66-63(59)60/h4-41,62H,42,67-69H2,1-3H3/b43-28+,51-31+. The molecular weight excluding hydrogens is 892 g/mol. The zero-order valence-corrected chi connectivity index (χ0v) is 42.8. The van der Waals surface area contributed by atoms with Crippen molar-refractivity contribution >= 4 is 77.9 Å². The van der Waals surface area contributed by atoms with E-state index in [9.17, 15) is 0 Å². The first-order valence-corrected chi connectivity index (χ1v) is 25.3. The number of para-hydroxylation sites is 3. The second kappa shape index (κ2) is 20.1. The molecule has 4 unspecified atom stereocenters. The van der Waals surface area contributed by atoms with Gasteiger partial charge in [-0.2, -0.15) is 0 Å². The van der Waals surface area contributed by atoms with Gasteiger partial charge in [0, 0.05) is 32.7 Å². The van der Waals surface area contributed by atoms with Gasteiger partial charge < -0.3 is 9.32 Å². The van der Waals surface area contributed by atoms with Crippen LogP contribution in [0.3, 0.4) is 0 Å². The minimum Gasteiger partial charge on any atom is -0.454 e. The third-order valence-electron chi connectivity index (χ3n) is 13.5. The molecule has 0 spiro atoms. The van der Waals surface area contributed by atoms with Gasteiger partial charge in [0.25, 0.3) is 0 Å². The van der Waals surface area contributed by atoms with Gasteiger partial charge in [-0.1, -0.05) is 194 Å². The van der Waals surface area contributed by atoms with E-state index < -0.39 is 0 Å². The molecule has 0 bridgehead atoms. The average molecular weight is 948 g/mol. The molecule has 69 heavy (non-hydrogen) atoms. The minimum atomic E-state index is -0.162. The number of allylic oxidation sites excluding steroid dienone is 4. The number of anilines is 3. The van der Waals surface area contributed by atoms with E-state index in [-0.39, 0.29) is 10.6 Å². The van der Waals surface area contributed by atoms with Crippen molar-refractivity contribution in [1.82, 2.24) is 0 Å². The summed E-state index contributed by atoms with van der Waals surface area (Å²) in [5.74, 6) is 0.0906. The minimum absolute atomic E-state index is 0.0906. The summed E-state index contributed by atoms with van der Waals surface area (Å²) in [7, 11) is 8.71. The summed E-state index contributed by atoms with van der Waals surface area (Å²) in [5.41, 5.74) is 21.2. The second-order valence-corrected chi connectivity index (χ2v) is 23.0. The van der Waals surface area contributed by atoms with Crippen LogP contribution < -0.4 is 4.90 Å². The van der Waals surface area contributed by atoms with Crippen LogP contribution in [0.4, 0.5) is 17.1 Å². The van der Waals surface area contributed by atoms with Gasteiger partial charge in [-0.05, 0) is 136 Å². The molecule has 0 fully saturated rings. The average Bonchev–Trinajstić information content (AvgIpc) is 3.77. The molecule has 9 aromatic carbocycles. The quantitative estimate of drug-likeness (QED) is 0.0650. The highest BCUT2D eigenvalue weighted by Crippen LogP contribution is 2.46. The van der Waals surface area contributed by atoms with E-state index in [0.29, 0.717) is 0 Å². The van der Waals surface area contributed by atoms with Gasteiger partial charge in [-0.3, -0.25) is 0 Å². The fraction of sp³-hybridized carbons (Fsp3) is 0.0938. The van der Waals surface area contributed by atoms with Gasteiger partial charge in [0.05, 0.1) is 5.69 Å². The van der Waals surface area contributed by atoms with Crippen LogP contribution in [0.15, 0.2) is 235 Å². The Balaban J connectivity index is 1.00. The van der Waals surface area contributed by atoms with Gasteiger partial charge in [-0.25, -0.2) is 0 Å². The predicted octanol–water partition coefficient (Wildman–Crippen LogP) is 18.0. The normalized spacial score (nSPS) is 12.7. The summed E-state index contributed by atoms with van der Waals surface area (Å²) >= 11 is 0. The Morgan fingerprint density at radius 2 is 1.13 bits per heavy atom. The molecule has 1 aromatic heterocycles. The van der Waals surface area contributed by atoms with Crippen molar-refractivity contribution in [2.45, 2.75) is 37.7 Å². The summed E-state index contributed by atoms with van der Waals surface area (Å²) in [5, 5.41) is 2.22. The molecule has 1 heterocycles. The topological polar surface area (TPSA) is 16.4 Å². The maximum absolute atomic E-state index is 6.58. The summed E-state index contributed by atoms with van der Waals surface area (Å²) in [6, 6.07) is 78.9. The Morgan fingerprint density at radius 1 is 0.536 bits per heavy atom. The molecule has 0 amide bonds. The lowest BCUT2D eigenvalue weighted by molar-refractivity contribution is 0.669. The van der Waals surface area contributed by atoms with E-state index in [0.717, 1.165) is 45.4 Å². The highest BCUT2D eigenvalue weighted by Gasteiger charge is 2.22. The summed E-state index contributed by atoms with van der Waals surface area (Å²) in [6.45, 7) is 6.70. The van der Waals surface area contributed by atoms with Crippen LogP contribution in [0.2, 0.25) is 0 Å². The first kappa shape index (κ1) is 46.1. The van der Waals surface area contributed by atoms with Gasteiger partial charge in [0.15, 0.2) is 5.58 Å². The van der Waals surface area contributed by atoms with Gasteiger partial charge in [0.1, 0.15) is 5.58 Å². The zero-order chi connectivity index (χ0) is 47.5. The number of aryl methyl sites for hydroxylation is 1. The molecule has 0 aliphatic heterocycles. The van der Waals surface area contributed by atoms with Crippen LogP contribution in [-0.4, -0.2) is 0 Å². The third kappa shape index (κ3) is 9.82. The summed E-state index contributed by atoms with van der Waals surface area (Å²) in [4.78, 5) is 2.30. The monoisotopic (exact) mass is 947 g/mol. The molecule has 0 saturated heterocycles. The van der Waals surface area contributed by atoms with Crippen LogP contribution in [0.5, 0.6) is 0 Å². The Labute approximate surface area is 414 Å². The largest absolute Gasteiger partial charge is 0.454 e. The molecule has 0 radical (unpaired) electrons. The van der Waals surface area contributed by atoms with Crippen molar-refractivity contribution < 1.29 is 4.42 Å². The van der Waals surface area contributed by atoms with Crippen LogP contribution >= 0.6 is 27.7 Å². The molecule has 0 aliphatic carbocycles. The highest BCUT2D eigenvalue weighted by molar-refractivity contribution is 7.56. The number of hydrogen-bond acceptors (Lipinski definition) is 2. The van der Waals surface area contributed by atoms with Crippen molar-refractivity contribution in [3.05, 3.63) is 281 Å². The van der Waals surface area contributed by atoms with E-state index >= 15 is 0 Å². The fourth-order valence-corrected chi connectivity index (χ4v) is 10.3. The Hall–Kier alpha value is -6.65. The fourth-order valence-electron chi connectivity index (χ4n) is 9.72. The Morgan fingerprint density at radius 3 is 1.86 bits per heavy atom. The van der Waals surface area contributed by atoms with Crippen LogP contribution in [0.25, 0.3) is 44.2 Å². The van der Waals surface area contributed by atoms with E-state index in [1.807, 2.05) is 12.1 Å².